The van der Waals surface area contributed by atoms with Gasteiger partial charge in [0.2, 0.25) is 0 Å². The molecule has 2 amide bonds. The normalized spacial score (nSPS) is 11.1. The van der Waals surface area contributed by atoms with E-state index in [9.17, 15) is 9.59 Å². The second-order valence-corrected chi connectivity index (χ2v) is 6.14. The van der Waals surface area contributed by atoms with E-state index >= 15 is 0 Å². The molecule has 0 bridgehead atoms. The van der Waals surface area contributed by atoms with Gasteiger partial charge in [-0.15, -0.1) is 0 Å². The van der Waals surface area contributed by atoms with E-state index in [-0.39, 0.29) is 5.54 Å². The smallest absolute Gasteiger partial charge is 0.313 e. The molecule has 0 aliphatic heterocycles. The quantitative estimate of drug-likeness (QED) is 0.869. The van der Waals surface area contributed by atoms with Crippen molar-refractivity contribution in [2.45, 2.75) is 53.5 Å². The van der Waals surface area contributed by atoms with Gasteiger partial charge in [-0.25, -0.2) is 0 Å². The molecule has 4 heteroatoms. The highest BCUT2D eigenvalue weighted by molar-refractivity contribution is 6.39. The Labute approximate surface area is 127 Å². The van der Waals surface area contributed by atoms with Crippen LogP contribution in [0.5, 0.6) is 0 Å². The van der Waals surface area contributed by atoms with Gasteiger partial charge >= 0.3 is 11.8 Å². The van der Waals surface area contributed by atoms with Crippen molar-refractivity contribution in [3.8, 4) is 0 Å². The third kappa shape index (κ3) is 4.06. The number of nitrogens with zero attached hydrogens (tertiary/aromatic N) is 1. The number of carbonyl (C=O) groups excluding carboxylic acids is 2. The van der Waals surface area contributed by atoms with Gasteiger partial charge in [-0.2, -0.15) is 0 Å². The molecule has 1 aromatic rings. The van der Waals surface area contributed by atoms with Crippen LogP contribution in [0.4, 0.5) is 5.69 Å². The van der Waals surface area contributed by atoms with Crippen molar-refractivity contribution in [1.29, 1.82) is 0 Å². The van der Waals surface area contributed by atoms with Crippen molar-refractivity contribution < 1.29 is 9.59 Å². The molecule has 0 spiro atoms. The minimum atomic E-state index is -0.573. The summed E-state index contributed by atoms with van der Waals surface area (Å²) in [6, 6.07) is 5.86. The molecule has 0 unspecified atom stereocenters. The van der Waals surface area contributed by atoms with Crippen LogP contribution in [0.25, 0.3) is 0 Å². The van der Waals surface area contributed by atoms with Crippen molar-refractivity contribution in [2.75, 3.05) is 11.9 Å². The second kappa shape index (κ2) is 6.74. The maximum atomic E-state index is 12.4. The van der Waals surface area contributed by atoms with Crippen molar-refractivity contribution in [3.63, 3.8) is 0 Å². The number of para-hydroxylation sites is 1. The zero-order valence-corrected chi connectivity index (χ0v) is 13.9. The molecule has 1 N–H and O–H groups in total. The number of hydrogen-bond acceptors (Lipinski definition) is 2. The lowest BCUT2D eigenvalue weighted by Gasteiger charge is -2.34. The monoisotopic (exact) mass is 290 g/mol. The van der Waals surface area contributed by atoms with Gasteiger partial charge < -0.3 is 10.2 Å². The van der Waals surface area contributed by atoms with Crippen molar-refractivity contribution in [1.82, 2.24) is 4.90 Å². The summed E-state index contributed by atoms with van der Waals surface area (Å²) in [5, 5.41) is 2.79. The van der Waals surface area contributed by atoms with E-state index in [1.165, 1.54) is 0 Å². The van der Waals surface area contributed by atoms with Gasteiger partial charge in [0.1, 0.15) is 0 Å². The van der Waals surface area contributed by atoms with E-state index in [0.29, 0.717) is 6.54 Å². The zero-order chi connectivity index (χ0) is 16.2. The summed E-state index contributed by atoms with van der Waals surface area (Å²) >= 11 is 0. The number of anilines is 1. The maximum absolute atomic E-state index is 12.4. The lowest BCUT2D eigenvalue weighted by molar-refractivity contribution is -0.146. The first kappa shape index (κ1) is 17.2. The van der Waals surface area contributed by atoms with Crippen LogP contribution in [0, 0.1) is 6.92 Å². The minimum absolute atomic E-state index is 0.373. The first-order valence-corrected chi connectivity index (χ1v) is 7.43. The summed E-state index contributed by atoms with van der Waals surface area (Å²) in [7, 11) is 0. The largest absolute Gasteiger partial charge is 0.330 e. The van der Waals surface area contributed by atoms with Gasteiger partial charge in [0.15, 0.2) is 0 Å². The number of carbonyl (C=O) groups is 2. The van der Waals surface area contributed by atoms with Gasteiger partial charge in [0.25, 0.3) is 0 Å². The molecular formula is C17H26N2O2. The van der Waals surface area contributed by atoms with Crippen LogP contribution in [-0.4, -0.2) is 28.8 Å². The summed E-state index contributed by atoms with van der Waals surface area (Å²) in [5.74, 6) is -1.06. The number of likely N-dealkylation sites (N-methyl/N-ethyl adjacent to an activating group) is 1. The Kier molecular flexibility index (Phi) is 5.53. The Bertz CT molecular complexity index is 530. The lowest BCUT2D eigenvalue weighted by atomic mass is 10.0. The summed E-state index contributed by atoms with van der Waals surface area (Å²) in [6.45, 7) is 12.1. The Morgan fingerprint density at radius 3 is 2.29 bits per heavy atom. The fraction of sp³-hybridized carbons (Fsp3) is 0.529. The van der Waals surface area contributed by atoms with Crippen LogP contribution in [0.3, 0.4) is 0 Å². The molecule has 0 saturated heterocycles. The number of nitrogens with one attached hydrogen (secondary N) is 1. The highest BCUT2D eigenvalue weighted by Crippen LogP contribution is 2.21. The van der Waals surface area contributed by atoms with E-state index < -0.39 is 11.8 Å². The second-order valence-electron chi connectivity index (χ2n) is 6.14. The van der Waals surface area contributed by atoms with Crippen molar-refractivity contribution in [2.24, 2.45) is 0 Å². The molecule has 0 aliphatic carbocycles. The van der Waals surface area contributed by atoms with Crippen molar-refractivity contribution >= 4 is 17.5 Å². The van der Waals surface area contributed by atoms with Gasteiger partial charge in [-0.3, -0.25) is 9.59 Å². The summed E-state index contributed by atoms with van der Waals surface area (Å²) in [6.07, 6.45) is 0.808. The topological polar surface area (TPSA) is 49.4 Å². The third-order valence-corrected chi connectivity index (χ3v) is 3.54. The SMILES string of the molecule is CCc1cccc(C)c1NC(=O)C(=O)N(CC)C(C)(C)C. The predicted molar refractivity (Wildman–Crippen MR) is 86.3 cm³/mol. The number of aryl methyl sites for hydroxylation is 2. The molecule has 0 aliphatic rings. The minimum Gasteiger partial charge on any atom is -0.330 e. The molecule has 4 nitrogen and oxygen atoms in total. The van der Waals surface area contributed by atoms with Crippen LogP contribution in [0.15, 0.2) is 18.2 Å². The first-order chi connectivity index (χ1) is 9.72. The average molecular weight is 290 g/mol. The zero-order valence-electron chi connectivity index (χ0n) is 13.9. The molecule has 21 heavy (non-hydrogen) atoms. The molecule has 0 radical (unpaired) electrons. The third-order valence-electron chi connectivity index (χ3n) is 3.54. The summed E-state index contributed by atoms with van der Waals surface area (Å²) < 4.78 is 0. The molecule has 0 saturated carbocycles. The Hall–Kier alpha value is -1.84. The van der Waals surface area contributed by atoms with Gasteiger partial charge in [-0.05, 0) is 52.2 Å². The number of hydrogen-bond donors (Lipinski definition) is 1. The van der Waals surface area contributed by atoms with Gasteiger partial charge in [0, 0.05) is 17.8 Å². The molecule has 1 aromatic carbocycles. The van der Waals surface area contributed by atoms with E-state index in [1.54, 1.807) is 4.90 Å². The van der Waals surface area contributed by atoms with E-state index in [1.807, 2.05) is 59.7 Å². The fourth-order valence-corrected chi connectivity index (χ4v) is 2.41. The Morgan fingerprint density at radius 1 is 1.19 bits per heavy atom. The summed E-state index contributed by atoms with van der Waals surface area (Å²) in [4.78, 5) is 26.2. The predicted octanol–water partition coefficient (Wildman–Crippen LogP) is 3.14. The standard InChI is InChI=1S/C17H26N2O2/c1-7-13-11-9-10-12(3)14(13)18-15(20)16(21)19(8-2)17(4,5)6/h9-11H,7-8H2,1-6H3,(H,18,20). The van der Waals surface area contributed by atoms with Gasteiger partial charge in [0.05, 0.1) is 0 Å². The fourth-order valence-electron chi connectivity index (χ4n) is 2.41. The van der Waals surface area contributed by atoms with E-state index in [2.05, 4.69) is 5.32 Å². The van der Waals surface area contributed by atoms with Crippen LogP contribution >= 0.6 is 0 Å². The highest BCUT2D eigenvalue weighted by Gasteiger charge is 2.30. The Morgan fingerprint density at radius 2 is 1.81 bits per heavy atom. The molecule has 0 heterocycles. The summed E-state index contributed by atoms with van der Waals surface area (Å²) in [5.41, 5.74) is 2.38. The number of rotatable bonds is 3. The van der Waals surface area contributed by atoms with Crippen molar-refractivity contribution in [3.05, 3.63) is 29.3 Å². The van der Waals surface area contributed by atoms with E-state index in [4.69, 9.17) is 0 Å². The van der Waals surface area contributed by atoms with Gasteiger partial charge in [-0.1, -0.05) is 25.1 Å². The molecule has 0 aromatic heterocycles. The van der Waals surface area contributed by atoms with Crippen LogP contribution in [0.1, 0.15) is 45.7 Å². The Balaban J connectivity index is 2.99. The first-order valence-electron chi connectivity index (χ1n) is 7.43. The highest BCUT2D eigenvalue weighted by atomic mass is 16.2. The maximum Gasteiger partial charge on any atom is 0.313 e. The molecular weight excluding hydrogens is 264 g/mol. The number of benzene rings is 1. The average Bonchev–Trinajstić information content (AvgIpc) is 2.39. The van der Waals surface area contributed by atoms with Crippen LogP contribution in [0.2, 0.25) is 0 Å². The molecule has 0 fully saturated rings. The number of amides is 2. The molecule has 1 rings (SSSR count). The van der Waals surface area contributed by atoms with Crippen LogP contribution in [-0.2, 0) is 16.0 Å². The lowest BCUT2D eigenvalue weighted by Crippen LogP contribution is -2.50. The molecule has 116 valence electrons. The van der Waals surface area contributed by atoms with Crippen LogP contribution < -0.4 is 5.32 Å². The van der Waals surface area contributed by atoms with E-state index in [0.717, 1.165) is 23.2 Å². The molecule has 0 atom stereocenters.